The highest BCUT2D eigenvalue weighted by molar-refractivity contribution is 7.89. The molecule has 2 fully saturated rings. The first-order valence-corrected chi connectivity index (χ1v) is 11.3. The van der Waals surface area contributed by atoms with Crippen LogP contribution in [0, 0.1) is 11.7 Å². The number of rotatable bonds is 5. The minimum absolute atomic E-state index is 0.0268. The number of alkyl halides is 3. The number of amides is 1. The van der Waals surface area contributed by atoms with Crippen molar-refractivity contribution in [2.45, 2.75) is 48.1 Å². The number of benzene rings is 1. The molecule has 0 bridgehead atoms. The zero-order valence-electron chi connectivity index (χ0n) is 17.1. The molecule has 2 heterocycles. The molecule has 32 heavy (non-hydrogen) atoms. The first-order chi connectivity index (χ1) is 14.8. The Morgan fingerprint density at radius 3 is 2.31 bits per heavy atom. The summed E-state index contributed by atoms with van der Waals surface area (Å²) >= 11 is 0. The molecule has 2 aliphatic heterocycles. The van der Waals surface area contributed by atoms with E-state index in [2.05, 4.69) is 0 Å². The van der Waals surface area contributed by atoms with Crippen LogP contribution in [0.5, 0.6) is 0 Å². The van der Waals surface area contributed by atoms with Crippen molar-refractivity contribution in [1.82, 2.24) is 9.21 Å². The van der Waals surface area contributed by atoms with Crippen molar-refractivity contribution in [3.05, 3.63) is 30.1 Å². The lowest BCUT2D eigenvalue weighted by Gasteiger charge is -2.38. The maximum atomic E-state index is 13.7. The van der Waals surface area contributed by atoms with E-state index in [4.69, 9.17) is 9.84 Å². The van der Waals surface area contributed by atoms with E-state index in [9.17, 15) is 35.9 Å². The van der Waals surface area contributed by atoms with E-state index < -0.39 is 58.4 Å². The van der Waals surface area contributed by atoms with Gasteiger partial charge in [0.2, 0.25) is 10.0 Å². The van der Waals surface area contributed by atoms with Gasteiger partial charge in [0.05, 0.1) is 29.2 Å². The number of aliphatic hydroxyl groups excluding tert-OH is 1. The maximum Gasteiger partial charge on any atom is 0.407 e. The van der Waals surface area contributed by atoms with Gasteiger partial charge in [-0.05, 0) is 43.5 Å². The molecule has 0 aromatic heterocycles. The third-order valence-electron chi connectivity index (χ3n) is 6.26. The van der Waals surface area contributed by atoms with Gasteiger partial charge in [-0.25, -0.2) is 17.6 Å². The second-order valence-electron chi connectivity index (χ2n) is 8.11. The van der Waals surface area contributed by atoms with Gasteiger partial charge < -0.3 is 19.8 Å². The van der Waals surface area contributed by atoms with Gasteiger partial charge in [0.1, 0.15) is 11.7 Å². The van der Waals surface area contributed by atoms with E-state index in [1.165, 1.54) is 0 Å². The predicted molar refractivity (Wildman–Crippen MR) is 103 cm³/mol. The molecule has 8 nitrogen and oxygen atoms in total. The summed E-state index contributed by atoms with van der Waals surface area (Å²) in [6.07, 6.45) is -7.64. The molecule has 1 spiro atoms. The van der Waals surface area contributed by atoms with E-state index in [0.29, 0.717) is 0 Å². The zero-order chi connectivity index (χ0) is 23.9. The minimum atomic E-state index is -4.86. The predicted octanol–water partition coefficient (Wildman–Crippen LogP) is 2.29. The van der Waals surface area contributed by atoms with Gasteiger partial charge in [-0.3, -0.25) is 0 Å². The number of piperidine rings is 1. The summed E-state index contributed by atoms with van der Waals surface area (Å²) in [5.74, 6) is -3.01. The Balaban J connectivity index is 1.94. The summed E-state index contributed by atoms with van der Waals surface area (Å²) in [4.78, 5) is 12.0. The van der Waals surface area contributed by atoms with Crippen molar-refractivity contribution in [3.8, 4) is 0 Å². The molecule has 180 valence electrons. The minimum Gasteiger partial charge on any atom is -0.465 e. The molecule has 3 unspecified atom stereocenters. The maximum absolute atomic E-state index is 13.7. The van der Waals surface area contributed by atoms with Crippen LogP contribution >= 0.6 is 0 Å². The molecule has 0 radical (unpaired) electrons. The molecule has 0 saturated carbocycles. The second kappa shape index (κ2) is 8.76. The Labute approximate surface area is 182 Å². The van der Waals surface area contributed by atoms with Crippen LogP contribution in [0.25, 0.3) is 0 Å². The lowest BCUT2D eigenvalue weighted by atomic mass is 9.86. The molecule has 3 rings (SSSR count). The van der Waals surface area contributed by atoms with Gasteiger partial charge in [0.25, 0.3) is 0 Å². The number of likely N-dealkylation sites (N-methyl/N-ethyl adjacent to an activating group) is 1. The van der Waals surface area contributed by atoms with Gasteiger partial charge in [0.15, 0.2) is 0 Å². The summed E-state index contributed by atoms with van der Waals surface area (Å²) in [5.41, 5.74) is -1.16. The van der Waals surface area contributed by atoms with Crippen molar-refractivity contribution in [2.24, 2.45) is 5.92 Å². The zero-order valence-corrected chi connectivity index (χ0v) is 17.9. The number of likely N-dealkylation sites (tertiary alicyclic amines) is 1. The highest BCUT2D eigenvalue weighted by Gasteiger charge is 2.58. The lowest BCUT2D eigenvalue weighted by molar-refractivity contribution is -0.226. The number of hydrogen-bond donors (Lipinski definition) is 2. The first-order valence-electron chi connectivity index (χ1n) is 9.88. The van der Waals surface area contributed by atoms with Crippen LogP contribution in [0.15, 0.2) is 29.2 Å². The molecule has 13 heteroatoms. The summed E-state index contributed by atoms with van der Waals surface area (Å²) in [7, 11) is -3.18. The summed E-state index contributed by atoms with van der Waals surface area (Å²) < 4.78 is 86.9. The van der Waals surface area contributed by atoms with Crippen LogP contribution in [0.1, 0.15) is 19.3 Å². The molecule has 3 atom stereocenters. The van der Waals surface area contributed by atoms with E-state index in [1.807, 2.05) is 0 Å². The quantitative estimate of drug-likeness (QED) is 0.621. The lowest BCUT2D eigenvalue weighted by Crippen LogP contribution is -2.49. The van der Waals surface area contributed by atoms with Crippen LogP contribution < -0.4 is 0 Å². The van der Waals surface area contributed by atoms with Crippen molar-refractivity contribution < 1.29 is 45.7 Å². The Bertz CT molecular complexity index is 932. The number of ether oxygens (including phenoxy) is 1. The molecule has 1 aromatic rings. The average Bonchev–Trinajstić information content (AvgIpc) is 3.05. The topological polar surface area (TPSA) is 107 Å². The van der Waals surface area contributed by atoms with E-state index in [1.54, 1.807) is 0 Å². The Hall–Kier alpha value is -1.96. The number of carboxylic acid groups (broad SMARTS) is 1. The molecule has 2 N–H and O–H groups in total. The van der Waals surface area contributed by atoms with Crippen molar-refractivity contribution in [1.29, 1.82) is 0 Å². The van der Waals surface area contributed by atoms with Crippen LogP contribution in [-0.4, -0.2) is 84.6 Å². The van der Waals surface area contributed by atoms with Gasteiger partial charge >= 0.3 is 12.3 Å². The number of nitrogens with zero attached hydrogens (tertiary/aromatic N) is 2. The normalized spacial score (nSPS) is 24.8. The Morgan fingerprint density at radius 2 is 1.84 bits per heavy atom. The third kappa shape index (κ3) is 4.70. The van der Waals surface area contributed by atoms with Gasteiger partial charge in [-0.15, -0.1) is 0 Å². The van der Waals surface area contributed by atoms with Crippen LogP contribution in [0.2, 0.25) is 0 Å². The summed E-state index contributed by atoms with van der Waals surface area (Å²) in [6.45, 7) is -1.25. The van der Waals surface area contributed by atoms with Crippen molar-refractivity contribution in [3.63, 3.8) is 0 Å². The van der Waals surface area contributed by atoms with Crippen LogP contribution in [0.4, 0.5) is 22.4 Å². The molecule has 2 saturated heterocycles. The number of aliphatic hydroxyl groups is 1. The molecular weight excluding hydrogens is 460 g/mol. The number of carbonyl (C=O) groups is 1. The first kappa shape index (κ1) is 24.7. The fourth-order valence-corrected chi connectivity index (χ4v) is 5.73. The number of sulfonamides is 1. The molecule has 1 amide bonds. The SMILES string of the molecule is CN(C1CC2(CCN(C(=O)O)CC2)OC1C(CO)C(F)(F)F)S(=O)(=O)c1ccc(F)cc1. The van der Waals surface area contributed by atoms with E-state index >= 15 is 0 Å². The largest absolute Gasteiger partial charge is 0.465 e. The van der Waals surface area contributed by atoms with Gasteiger partial charge in [-0.2, -0.15) is 17.5 Å². The van der Waals surface area contributed by atoms with Crippen molar-refractivity contribution in [2.75, 3.05) is 26.7 Å². The summed E-state index contributed by atoms with van der Waals surface area (Å²) in [5, 5.41) is 18.6. The monoisotopic (exact) mass is 484 g/mol. The second-order valence-corrected chi connectivity index (χ2v) is 10.1. The smallest absolute Gasteiger partial charge is 0.407 e. The number of hydrogen-bond acceptors (Lipinski definition) is 5. The van der Waals surface area contributed by atoms with Crippen LogP contribution in [-0.2, 0) is 14.8 Å². The molecule has 0 aliphatic carbocycles. The van der Waals surface area contributed by atoms with Crippen molar-refractivity contribution >= 4 is 16.1 Å². The molecule has 2 aliphatic rings. The van der Waals surface area contributed by atoms with Gasteiger partial charge in [-0.1, -0.05) is 0 Å². The molecule has 1 aromatic carbocycles. The molecular formula is C19H24F4N2O6S. The van der Waals surface area contributed by atoms with E-state index in [-0.39, 0.29) is 37.2 Å². The fourth-order valence-electron chi connectivity index (χ4n) is 4.37. The Morgan fingerprint density at radius 1 is 1.28 bits per heavy atom. The third-order valence-corrected chi connectivity index (χ3v) is 8.16. The van der Waals surface area contributed by atoms with E-state index in [0.717, 1.165) is 40.5 Å². The number of halogens is 4. The average molecular weight is 484 g/mol. The highest BCUT2D eigenvalue weighted by atomic mass is 32.2. The van der Waals surface area contributed by atoms with Crippen LogP contribution in [0.3, 0.4) is 0 Å². The Kier molecular flexibility index (Phi) is 6.76. The highest BCUT2D eigenvalue weighted by Crippen LogP contribution is 2.46. The van der Waals surface area contributed by atoms with Gasteiger partial charge in [0, 0.05) is 20.1 Å². The summed E-state index contributed by atoms with van der Waals surface area (Å²) in [6, 6.07) is 2.61. The fraction of sp³-hybridized carbons (Fsp3) is 0.632. The standard InChI is InChI=1S/C19H24F4N2O6S/c1-24(32(29,30)13-4-2-12(20)3-5-13)15-10-18(6-8-25(9-7-18)17(27)28)31-16(15)14(11-26)19(21,22)23/h2-5,14-16,26H,6-11H2,1H3,(H,27,28).